The smallest absolute Gasteiger partial charge is 0.326 e. The molecule has 9 heteroatoms. The molecule has 9 nitrogen and oxygen atoms in total. The van der Waals surface area contributed by atoms with Crippen LogP contribution in [-0.2, 0) is 14.4 Å². The quantitative estimate of drug-likeness (QED) is 0.439. The Morgan fingerprint density at radius 3 is 2.67 bits per heavy atom. The minimum Gasteiger partial charge on any atom is -0.480 e. The van der Waals surface area contributed by atoms with E-state index in [1.54, 1.807) is 0 Å². The summed E-state index contributed by atoms with van der Waals surface area (Å²) in [6.07, 6.45) is -0.499. The van der Waals surface area contributed by atoms with Gasteiger partial charge in [-0.15, -0.1) is 0 Å². The van der Waals surface area contributed by atoms with Crippen molar-refractivity contribution in [2.45, 2.75) is 12.5 Å². The van der Waals surface area contributed by atoms with Crippen LogP contribution in [-0.4, -0.2) is 59.5 Å². The summed E-state index contributed by atoms with van der Waals surface area (Å²) in [5, 5.41) is 13.5. The van der Waals surface area contributed by atoms with Crippen LogP contribution >= 0.6 is 0 Å². The van der Waals surface area contributed by atoms with Gasteiger partial charge in [0.25, 0.3) is 0 Å². The van der Waals surface area contributed by atoms with Crippen molar-refractivity contribution in [3.05, 3.63) is 0 Å². The van der Waals surface area contributed by atoms with Crippen molar-refractivity contribution < 1.29 is 24.3 Å². The predicted molar refractivity (Wildman–Crippen MR) is 58.3 cm³/mol. The van der Waals surface area contributed by atoms with Crippen LogP contribution in [0.1, 0.15) is 6.42 Å². The third-order valence-corrected chi connectivity index (χ3v) is 2.33. The average Bonchev–Trinajstić information content (AvgIpc) is 2.27. The molecule has 0 saturated carbocycles. The minimum atomic E-state index is -1.39. The number of rotatable bonds is 4. The Morgan fingerprint density at radius 2 is 2.17 bits per heavy atom. The highest BCUT2D eigenvalue weighted by Crippen LogP contribution is 1.98. The molecule has 0 spiro atoms. The van der Waals surface area contributed by atoms with Crippen molar-refractivity contribution in [1.29, 1.82) is 0 Å². The van der Waals surface area contributed by atoms with Crippen molar-refractivity contribution >= 4 is 23.8 Å². The molecule has 1 fully saturated rings. The zero-order chi connectivity index (χ0) is 13.7. The number of primary amides is 1. The lowest BCUT2D eigenvalue weighted by Gasteiger charge is -2.27. The van der Waals surface area contributed by atoms with Gasteiger partial charge < -0.3 is 26.4 Å². The van der Waals surface area contributed by atoms with Crippen LogP contribution in [0.25, 0.3) is 0 Å². The van der Waals surface area contributed by atoms with E-state index in [-0.39, 0.29) is 19.0 Å². The Bertz CT molecular complexity index is 383. The number of aliphatic carboxylic acids is 1. The average molecular weight is 258 g/mol. The zero-order valence-corrected chi connectivity index (χ0v) is 9.51. The molecule has 1 rings (SSSR count). The first-order valence-corrected chi connectivity index (χ1v) is 5.23. The molecule has 0 radical (unpaired) electrons. The van der Waals surface area contributed by atoms with E-state index in [9.17, 15) is 19.2 Å². The van der Waals surface area contributed by atoms with E-state index >= 15 is 0 Å². The highest BCUT2D eigenvalue weighted by atomic mass is 16.4. The molecule has 4 amide bonds. The highest BCUT2D eigenvalue weighted by Gasteiger charge is 2.27. The van der Waals surface area contributed by atoms with E-state index in [2.05, 4.69) is 10.6 Å². The number of carbonyl (C=O) groups is 4. The van der Waals surface area contributed by atoms with Crippen LogP contribution in [0.2, 0.25) is 0 Å². The van der Waals surface area contributed by atoms with E-state index in [1.165, 1.54) is 0 Å². The maximum atomic E-state index is 11.7. The van der Waals surface area contributed by atoms with Crippen molar-refractivity contribution in [3.63, 3.8) is 0 Å². The Hall–Kier alpha value is -2.32. The van der Waals surface area contributed by atoms with Gasteiger partial charge in [-0.25, -0.2) is 9.59 Å². The number of amides is 4. The molecule has 0 aromatic carbocycles. The number of nitrogens with one attached hydrogen (secondary N) is 2. The molecule has 0 unspecified atom stereocenters. The Morgan fingerprint density at radius 1 is 1.50 bits per heavy atom. The largest absolute Gasteiger partial charge is 0.480 e. The Kier molecular flexibility index (Phi) is 4.46. The lowest BCUT2D eigenvalue weighted by atomic mass is 10.2. The second-order valence-corrected chi connectivity index (χ2v) is 3.78. The molecule has 0 aromatic rings. The molecule has 18 heavy (non-hydrogen) atoms. The van der Waals surface area contributed by atoms with Crippen molar-refractivity contribution in [1.82, 2.24) is 15.5 Å². The number of carboxylic acids is 1. The first-order valence-electron chi connectivity index (χ1n) is 5.23. The number of carboxylic acid groups (broad SMARTS) is 1. The van der Waals surface area contributed by atoms with Crippen LogP contribution in [0.5, 0.6) is 0 Å². The van der Waals surface area contributed by atoms with E-state index in [4.69, 9.17) is 10.8 Å². The number of hydrogen-bond acceptors (Lipinski definition) is 4. The lowest BCUT2D eigenvalue weighted by molar-refractivity contribution is -0.140. The Balaban J connectivity index is 2.57. The molecule has 0 aliphatic carbocycles. The number of hydrogen-bond donors (Lipinski definition) is 4. The first kappa shape index (κ1) is 13.7. The van der Waals surface area contributed by atoms with E-state index in [0.717, 1.165) is 4.90 Å². The van der Waals surface area contributed by atoms with Crippen LogP contribution in [0.4, 0.5) is 4.79 Å². The van der Waals surface area contributed by atoms with Crippen molar-refractivity contribution in [2.24, 2.45) is 5.73 Å². The zero-order valence-electron chi connectivity index (χ0n) is 9.51. The van der Waals surface area contributed by atoms with Gasteiger partial charge in [-0.05, 0) is 0 Å². The van der Waals surface area contributed by atoms with Gasteiger partial charge >= 0.3 is 12.0 Å². The van der Waals surface area contributed by atoms with Crippen molar-refractivity contribution in [2.75, 3.05) is 19.6 Å². The molecule has 0 aromatic heterocycles. The molecule has 1 atom stereocenters. The summed E-state index contributed by atoms with van der Waals surface area (Å²) in [6, 6.07) is -2.10. The second-order valence-electron chi connectivity index (χ2n) is 3.78. The Labute approximate surface area is 102 Å². The summed E-state index contributed by atoms with van der Waals surface area (Å²) < 4.78 is 0. The van der Waals surface area contributed by atoms with E-state index in [1.807, 2.05) is 0 Å². The standard InChI is InChI=1S/C9H14N4O5/c10-6(14)3-5(8(16)17)12-9(18)13-2-1-11-7(15)4-13/h5H,1-4H2,(H2,10,14)(H,11,15)(H,12,18)(H,16,17)/t5-/m1/s1. The number of nitrogens with two attached hydrogens (primary N) is 1. The molecule has 100 valence electrons. The van der Waals surface area contributed by atoms with Gasteiger partial charge in [-0.2, -0.15) is 0 Å². The van der Waals surface area contributed by atoms with Gasteiger partial charge in [0.15, 0.2) is 0 Å². The maximum Gasteiger partial charge on any atom is 0.326 e. The molecule has 1 aliphatic rings. The van der Waals surface area contributed by atoms with Gasteiger partial charge in [-0.1, -0.05) is 0 Å². The number of nitrogens with zero attached hydrogens (tertiary/aromatic N) is 1. The summed E-state index contributed by atoms with van der Waals surface area (Å²) in [6.45, 7) is 0.440. The summed E-state index contributed by atoms with van der Waals surface area (Å²) >= 11 is 0. The van der Waals surface area contributed by atoms with Gasteiger partial charge in [-0.3, -0.25) is 9.59 Å². The molecular formula is C9H14N4O5. The highest BCUT2D eigenvalue weighted by molar-refractivity contribution is 5.89. The molecular weight excluding hydrogens is 244 g/mol. The monoisotopic (exact) mass is 258 g/mol. The maximum absolute atomic E-state index is 11.7. The molecule has 5 N–H and O–H groups in total. The van der Waals surface area contributed by atoms with Crippen LogP contribution in [0.3, 0.4) is 0 Å². The summed E-state index contributed by atoms with van der Waals surface area (Å²) in [4.78, 5) is 45.3. The third kappa shape index (κ3) is 3.92. The summed E-state index contributed by atoms with van der Waals surface area (Å²) in [5.74, 6) is -2.51. The van der Waals surface area contributed by atoms with Crippen LogP contribution < -0.4 is 16.4 Å². The SMILES string of the molecule is NC(=O)C[C@@H](NC(=O)N1CCNC(=O)C1)C(=O)O. The van der Waals surface area contributed by atoms with Crippen molar-refractivity contribution in [3.8, 4) is 0 Å². The van der Waals surface area contributed by atoms with Crippen LogP contribution in [0.15, 0.2) is 0 Å². The molecule has 1 heterocycles. The fraction of sp³-hybridized carbons (Fsp3) is 0.556. The van der Waals surface area contributed by atoms with Gasteiger partial charge in [0.2, 0.25) is 11.8 Å². The molecule has 1 saturated heterocycles. The third-order valence-electron chi connectivity index (χ3n) is 2.33. The first-order chi connectivity index (χ1) is 8.40. The summed E-state index contributed by atoms with van der Waals surface area (Å²) in [5.41, 5.74) is 4.88. The fourth-order valence-electron chi connectivity index (χ4n) is 1.45. The van der Waals surface area contributed by atoms with Gasteiger partial charge in [0.05, 0.1) is 6.42 Å². The topological polar surface area (TPSA) is 142 Å². The number of piperazine rings is 1. The normalized spacial score (nSPS) is 16.7. The summed E-state index contributed by atoms with van der Waals surface area (Å²) in [7, 11) is 0. The fourth-order valence-corrected chi connectivity index (χ4v) is 1.45. The molecule has 1 aliphatic heterocycles. The minimum absolute atomic E-state index is 0.144. The van der Waals surface area contributed by atoms with Gasteiger partial charge in [0, 0.05) is 13.1 Å². The second kappa shape index (κ2) is 5.84. The number of urea groups is 1. The molecule has 0 bridgehead atoms. The van der Waals surface area contributed by atoms with E-state index < -0.39 is 30.4 Å². The predicted octanol–water partition coefficient (Wildman–Crippen LogP) is -2.54. The van der Waals surface area contributed by atoms with Crippen LogP contribution in [0, 0.1) is 0 Å². The number of carbonyl (C=O) groups excluding carboxylic acids is 3. The lowest BCUT2D eigenvalue weighted by Crippen LogP contribution is -2.56. The van der Waals surface area contributed by atoms with Gasteiger partial charge in [0.1, 0.15) is 12.6 Å². The van der Waals surface area contributed by atoms with E-state index in [0.29, 0.717) is 6.54 Å².